The van der Waals surface area contributed by atoms with E-state index in [-0.39, 0.29) is 10.9 Å². The highest BCUT2D eigenvalue weighted by Crippen LogP contribution is 2.34. The van der Waals surface area contributed by atoms with Crippen LogP contribution in [0.4, 0.5) is 5.69 Å². The van der Waals surface area contributed by atoms with Crippen molar-refractivity contribution in [1.82, 2.24) is 0 Å². The van der Waals surface area contributed by atoms with Gasteiger partial charge in [-0.3, -0.25) is 4.79 Å². The van der Waals surface area contributed by atoms with E-state index >= 15 is 0 Å². The highest BCUT2D eigenvalue weighted by molar-refractivity contribution is 7.80. The standard InChI is InChI=1S/C14H17ClN2O2S/c1-9-3-2-4-10(15)11(9)17-13(18)14(12(16)20)5-7-19-8-6-14/h2-4H,5-8H2,1H3,(H2,16,20)(H,17,18). The number of nitrogens with two attached hydrogens (primary N) is 1. The smallest absolute Gasteiger partial charge is 0.237 e. The third-order valence-electron chi connectivity index (χ3n) is 3.71. The molecule has 0 atom stereocenters. The third kappa shape index (κ3) is 2.80. The van der Waals surface area contributed by atoms with Crippen LogP contribution < -0.4 is 11.1 Å². The molecular formula is C14H17ClN2O2S. The number of rotatable bonds is 3. The lowest BCUT2D eigenvalue weighted by atomic mass is 9.79. The molecule has 0 aromatic heterocycles. The lowest BCUT2D eigenvalue weighted by Crippen LogP contribution is -2.49. The van der Waals surface area contributed by atoms with Crippen LogP contribution in [0.2, 0.25) is 5.02 Å². The predicted molar refractivity (Wildman–Crippen MR) is 84.1 cm³/mol. The Morgan fingerprint density at radius 2 is 2.10 bits per heavy atom. The van der Waals surface area contributed by atoms with Gasteiger partial charge in [0.1, 0.15) is 5.41 Å². The van der Waals surface area contributed by atoms with Crippen LogP contribution in [0.1, 0.15) is 18.4 Å². The zero-order valence-corrected chi connectivity index (χ0v) is 12.8. The molecule has 0 radical (unpaired) electrons. The van der Waals surface area contributed by atoms with Crippen LogP contribution in [0.15, 0.2) is 18.2 Å². The summed E-state index contributed by atoms with van der Waals surface area (Å²) in [6.07, 6.45) is 0.995. The average molecular weight is 313 g/mol. The number of aryl methyl sites for hydroxylation is 1. The molecule has 1 saturated heterocycles. The van der Waals surface area contributed by atoms with Crippen LogP contribution >= 0.6 is 23.8 Å². The molecule has 2 rings (SSSR count). The molecule has 1 aliphatic heterocycles. The average Bonchev–Trinajstić information content (AvgIpc) is 2.43. The first kappa shape index (κ1) is 15.2. The summed E-state index contributed by atoms with van der Waals surface area (Å²) >= 11 is 11.2. The van der Waals surface area contributed by atoms with Crippen molar-refractivity contribution >= 4 is 40.4 Å². The summed E-state index contributed by atoms with van der Waals surface area (Å²) in [5.74, 6) is -0.204. The maximum absolute atomic E-state index is 12.6. The van der Waals surface area contributed by atoms with Gasteiger partial charge < -0.3 is 15.8 Å². The second kappa shape index (κ2) is 6.08. The molecule has 0 saturated carbocycles. The lowest BCUT2D eigenvalue weighted by molar-refractivity contribution is -0.126. The molecule has 1 aliphatic rings. The number of anilines is 1. The van der Waals surface area contributed by atoms with Crippen LogP contribution in [0.25, 0.3) is 0 Å². The van der Waals surface area contributed by atoms with Gasteiger partial charge in [0.25, 0.3) is 0 Å². The number of amides is 1. The number of halogens is 1. The van der Waals surface area contributed by atoms with E-state index in [9.17, 15) is 4.79 Å². The van der Waals surface area contributed by atoms with Gasteiger partial charge >= 0.3 is 0 Å². The first-order chi connectivity index (χ1) is 9.47. The maximum atomic E-state index is 12.6. The van der Waals surface area contributed by atoms with Crippen molar-refractivity contribution in [2.24, 2.45) is 11.1 Å². The predicted octanol–water partition coefficient (Wildman–Crippen LogP) is 2.67. The van der Waals surface area contributed by atoms with E-state index in [0.29, 0.717) is 36.8 Å². The van der Waals surface area contributed by atoms with Crippen molar-refractivity contribution in [3.05, 3.63) is 28.8 Å². The Hall–Kier alpha value is -1.17. The van der Waals surface area contributed by atoms with Crippen molar-refractivity contribution < 1.29 is 9.53 Å². The van der Waals surface area contributed by atoms with Gasteiger partial charge in [0.15, 0.2) is 0 Å². The molecule has 3 N–H and O–H groups in total. The van der Waals surface area contributed by atoms with Crippen LogP contribution in [0, 0.1) is 12.3 Å². The summed E-state index contributed by atoms with van der Waals surface area (Å²) in [6.45, 7) is 2.84. The summed E-state index contributed by atoms with van der Waals surface area (Å²) in [5.41, 5.74) is 6.48. The molecule has 108 valence electrons. The van der Waals surface area contributed by atoms with Crippen molar-refractivity contribution in [3.8, 4) is 0 Å². The molecule has 6 heteroatoms. The molecule has 1 heterocycles. The van der Waals surface area contributed by atoms with Gasteiger partial charge in [0.05, 0.1) is 15.7 Å². The SMILES string of the molecule is Cc1cccc(Cl)c1NC(=O)C1(C(N)=S)CCOCC1. The zero-order chi connectivity index (χ0) is 14.8. The fourth-order valence-electron chi connectivity index (χ4n) is 2.33. The van der Waals surface area contributed by atoms with Gasteiger partial charge in [-0.25, -0.2) is 0 Å². The Bertz CT molecular complexity index is 522. The largest absolute Gasteiger partial charge is 0.392 e. The molecule has 0 aliphatic carbocycles. The summed E-state index contributed by atoms with van der Waals surface area (Å²) < 4.78 is 5.30. The van der Waals surface area contributed by atoms with Crippen molar-refractivity contribution in [2.45, 2.75) is 19.8 Å². The van der Waals surface area contributed by atoms with Gasteiger partial charge in [-0.2, -0.15) is 0 Å². The number of ether oxygens (including phenoxy) is 1. The van der Waals surface area contributed by atoms with E-state index in [1.54, 1.807) is 6.07 Å². The van der Waals surface area contributed by atoms with Crippen LogP contribution in [0.5, 0.6) is 0 Å². The van der Waals surface area contributed by atoms with Crippen molar-refractivity contribution in [1.29, 1.82) is 0 Å². The Labute approximate surface area is 128 Å². The number of thiocarbonyl (C=S) groups is 1. The fourth-order valence-corrected chi connectivity index (χ4v) is 2.89. The molecule has 0 unspecified atom stereocenters. The van der Waals surface area contributed by atoms with E-state index in [1.165, 1.54) is 0 Å². The lowest BCUT2D eigenvalue weighted by Gasteiger charge is -2.34. The number of nitrogens with one attached hydrogen (secondary N) is 1. The first-order valence-electron chi connectivity index (χ1n) is 6.41. The highest BCUT2D eigenvalue weighted by atomic mass is 35.5. The Morgan fingerprint density at radius 1 is 1.45 bits per heavy atom. The Kier molecular flexibility index (Phi) is 4.62. The van der Waals surface area contributed by atoms with E-state index < -0.39 is 5.41 Å². The van der Waals surface area contributed by atoms with Gasteiger partial charge in [-0.05, 0) is 31.4 Å². The minimum atomic E-state index is -0.848. The van der Waals surface area contributed by atoms with Crippen molar-refractivity contribution in [3.63, 3.8) is 0 Å². The monoisotopic (exact) mass is 312 g/mol. The summed E-state index contributed by atoms with van der Waals surface area (Å²) in [6, 6.07) is 5.46. The van der Waals surface area contributed by atoms with E-state index in [1.807, 2.05) is 19.1 Å². The number of benzene rings is 1. The summed E-state index contributed by atoms with van der Waals surface area (Å²) in [4.78, 5) is 12.9. The molecule has 4 nitrogen and oxygen atoms in total. The third-order valence-corrected chi connectivity index (χ3v) is 4.42. The zero-order valence-electron chi connectivity index (χ0n) is 11.2. The number of hydrogen-bond donors (Lipinski definition) is 2. The van der Waals surface area contributed by atoms with E-state index in [2.05, 4.69) is 5.32 Å². The number of carbonyl (C=O) groups excluding carboxylic acids is 1. The Morgan fingerprint density at radius 3 is 2.65 bits per heavy atom. The molecule has 1 fully saturated rings. The van der Waals surface area contributed by atoms with Crippen molar-refractivity contribution in [2.75, 3.05) is 18.5 Å². The van der Waals surface area contributed by atoms with E-state index in [0.717, 1.165) is 5.56 Å². The fraction of sp³-hybridized carbons (Fsp3) is 0.429. The quantitative estimate of drug-likeness (QED) is 0.842. The molecule has 0 bridgehead atoms. The minimum absolute atomic E-state index is 0.204. The van der Waals surface area contributed by atoms with Gasteiger partial charge in [-0.15, -0.1) is 0 Å². The normalized spacial score (nSPS) is 17.5. The summed E-state index contributed by atoms with van der Waals surface area (Å²) in [7, 11) is 0. The van der Waals surface area contributed by atoms with Gasteiger partial charge in [0, 0.05) is 13.2 Å². The van der Waals surface area contributed by atoms with Crippen LogP contribution in [-0.2, 0) is 9.53 Å². The first-order valence-corrected chi connectivity index (χ1v) is 7.20. The summed E-state index contributed by atoms with van der Waals surface area (Å²) in [5, 5.41) is 3.38. The highest BCUT2D eigenvalue weighted by Gasteiger charge is 2.43. The van der Waals surface area contributed by atoms with Gasteiger partial charge in [-0.1, -0.05) is 36.0 Å². The van der Waals surface area contributed by atoms with Crippen LogP contribution in [-0.4, -0.2) is 24.1 Å². The topological polar surface area (TPSA) is 64.4 Å². The molecule has 1 amide bonds. The van der Waals surface area contributed by atoms with Crippen LogP contribution in [0.3, 0.4) is 0 Å². The molecule has 1 aromatic carbocycles. The maximum Gasteiger partial charge on any atom is 0.237 e. The number of hydrogen-bond acceptors (Lipinski definition) is 3. The number of para-hydroxylation sites is 1. The molecule has 0 spiro atoms. The van der Waals surface area contributed by atoms with Gasteiger partial charge in [0.2, 0.25) is 5.91 Å². The molecular weight excluding hydrogens is 296 g/mol. The van der Waals surface area contributed by atoms with E-state index in [4.69, 9.17) is 34.3 Å². The number of carbonyl (C=O) groups is 1. The second-order valence-corrected chi connectivity index (χ2v) is 5.79. The minimum Gasteiger partial charge on any atom is -0.392 e. The Balaban J connectivity index is 2.28. The molecule has 20 heavy (non-hydrogen) atoms. The molecule has 1 aromatic rings. The second-order valence-electron chi connectivity index (χ2n) is 4.94.